The smallest absolute Gasteiger partial charge is 0.855 e. The molecule has 0 N–H and O–H groups in total. The van der Waals surface area contributed by atoms with Gasteiger partial charge < -0.3 is 20.5 Å². The molecule has 0 saturated heterocycles. The predicted octanol–water partition coefficient (Wildman–Crippen LogP) is 7.43. The van der Waals surface area contributed by atoms with E-state index in [-0.39, 0.29) is 24.0 Å². The molecule has 184 valence electrons. The van der Waals surface area contributed by atoms with Gasteiger partial charge >= 0.3 is 17.4 Å². The maximum Gasteiger partial charge on any atom is 3.00 e. The van der Waals surface area contributed by atoms with Crippen molar-refractivity contribution in [3.63, 3.8) is 0 Å². The van der Waals surface area contributed by atoms with Gasteiger partial charge in [-0.1, -0.05) is 69.3 Å². The van der Waals surface area contributed by atoms with E-state index < -0.39 is 0 Å². The van der Waals surface area contributed by atoms with Crippen LogP contribution < -0.4 is 5.11 Å². The number of benzene rings is 2. The molecule has 0 aliphatic carbocycles. The van der Waals surface area contributed by atoms with Crippen LogP contribution in [0.1, 0.15) is 48.5 Å². The van der Waals surface area contributed by atoms with E-state index in [0.717, 1.165) is 58.8 Å². The summed E-state index contributed by atoms with van der Waals surface area (Å²) in [5.41, 5.74) is 6.88. The summed E-state index contributed by atoms with van der Waals surface area (Å²) >= 11 is 0. The number of hydrogen-bond donors (Lipinski definition) is 0. The topological polar surface area (TPSA) is 85.2 Å². The van der Waals surface area contributed by atoms with Crippen molar-refractivity contribution in [2.24, 2.45) is 9.98 Å². The van der Waals surface area contributed by atoms with Gasteiger partial charge in [0.25, 0.3) is 0 Å². The van der Waals surface area contributed by atoms with Crippen molar-refractivity contribution in [3.8, 4) is 0 Å². The minimum Gasteiger partial charge on any atom is -0.855 e. The van der Waals surface area contributed by atoms with E-state index in [1.54, 1.807) is 6.92 Å². The fourth-order valence-corrected chi connectivity index (χ4v) is 3.00. The van der Waals surface area contributed by atoms with Gasteiger partial charge in [-0.05, 0) is 39.8 Å². The Morgan fingerprint density at radius 2 is 1.03 bits per heavy atom. The van der Waals surface area contributed by atoms with Gasteiger partial charge in [-0.25, -0.2) is 0 Å². The van der Waals surface area contributed by atoms with Crippen LogP contribution in [0.3, 0.4) is 0 Å². The Kier molecular flexibility index (Phi) is 17.2. The number of para-hydroxylation sites is 4. The Balaban J connectivity index is 0.00000112. The van der Waals surface area contributed by atoms with Gasteiger partial charge in [-0.3, -0.25) is 9.98 Å². The molecule has 0 aromatic heterocycles. The average Bonchev–Trinajstić information content (AvgIpc) is 2.77. The molecule has 35 heavy (non-hydrogen) atoms. The van der Waals surface area contributed by atoms with Crippen LogP contribution in [0.5, 0.6) is 0 Å². The molecule has 1 aliphatic rings. The zero-order chi connectivity index (χ0) is 25.3. The van der Waals surface area contributed by atoms with E-state index in [1.807, 2.05) is 102 Å². The van der Waals surface area contributed by atoms with Gasteiger partial charge in [0.05, 0.1) is 11.4 Å². The Hall–Kier alpha value is -2.69. The number of nitrogens with zero attached hydrogens (tertiary/aromatic N) is 4. The third-order valence-electron chi connectivity index (χ3n) is 4.19. The van der Waals surface area contributed by atoms with E-state index in [2.05, 4.69) is 0 Å². The first-order valence-corrected chi connectivity index (χ1v) is 11.6. The molecule has 2 aromatic carbocycles. The first kappa shape index (κ1) is 32.3. The van der Waals surface area contributed by atoms with Crippen LogP contribution in [0.2, 0.25) is 0 Å². The van der Waals surface area contributed by atoms with Gasteiger partial charge in [0.2, 0.25) is 0 Å². The standard InChI is InChI=1S/C22H22N4.C4H10O.C2H5O.Al/c1-15-13-16(2)24-21-11-7-8-12-22(21)26-18(4)14-17(3)25-20-10-6-5-9-19(20)23-15;1-3-5-4-2;1-2-3;/h5-14H,1-4H3;3-4H2,1-2H3;2H2,1H3;/q-2;;-1;+3/b15-13-,17-14-,24-16?,26-18?;;;. The zero-order valence-electron chi connectivity index (χ0n) is 22.1. The molecule has 2 aromatic rings. The number of hydrogen-bond acceptors (Lipinski definition) is 4. The van der Waals surface area contributed by atoms with Crippen LogP contribution in [0.4, 0.5) is 22.7 Å². The summed E-state index contributed by atoms with van der Waals surface area (Å²) in [6, 6.07) is 15.8. The van der Waals surface area contributed by atoms with E-state index >= 15 is 0 Å². The maximum absolute atomic E-state index is 8.93. The second kappa shape index (κ2) is 18.6. The van der Waals surface area contributed by atoms with Crippen LogP contribution in [-0.2, 0) is 4.74 Å². The third kappa shape index (κ3) is 13.1. The third-order valence-corrected chi connectivity index (χ3v) is 4.19. The molecule has 0 spiro atoms. The minimum absolute atomic E-state index is 0. The van der Waals surface area contributed by atoms with Crippen LogP contribution in [-0.4, -0.2) is 48.6 Å². The van der Waals surface area contributed by atoms with Crippen LogP contribution in [0.15, 0.2) is 82.1 Å². The Bertz CT molecular complexity index is 936. The molecule has 1 heterocycles. The van der Waals surface area contributed by atoms with Crippen molar-refractivity contribution in [3.05, 3.63) is 82.7 Å². The molecule has 0 unspecified atom stereocenters. The molecule has 6 nitrogen and oxygen atoms in total. The fraction of sp³-hybridized carbons (Fsp3) is 0.357. The Labute approximate surface area is 222 Å². The summed E-state index contributed by atoms with van der Waals surface area (Å²) in [6.45, 7) is 15.1. The van der Waals surface area contributed by atoms with Gasteiger partial charge in [-0.2, -0.15) is 22.8 Å². The molecule has 0 amide bonds. The van der Waals surface area contributed by atoms with Gasteiger partial charge in [-0.15, -0.1) is 6.61 Å². The van der Waals surface area contributed by atoms with E-state index in [4.69, 9.17) is 30.5 Å². The van der Waals surface area contributed by atoms with Crippen LogP contribution >= 0.6 is 0 Å². The summed E-state index contributed by atoms with van der Waals surface area (Å²) < 4.78 is 4.83. The minimum atomic E-state index is 0. The maximum atomic E-state index is 8.93. The number of fused-ring (bicyclic) bond motifs is 2. The Morgan fingerprint density at radius 1 is 0.686 bits per heavy atom. The van der Waals surface area contributed by atoms with Crippen molar-refractivity contribution in [1.82, 2.24) is 0 Å². The summed E-state index contributed by atoms with van der Waals surface area (Å²) in [6.07, 6.45) is 3.94. The SMILES string of the molecule is CC1=Nc2ccccc2N=C(C)/C=C(/C)[N-]c2ccccc2[N-]/C(C)=C\1.CCOCC.CC[O-].[Al+3]. The fourth-order valence-electron chi connectivity index (χ4n) is 3.00. The first-order chi connectivity index (χ1) is 16.3. The summed E-state index contributed by atoms with van der Waals surface area (Å²) in [5.74, 6) is 0. The van der Waals surface area contributed by atoms with Crippen molar-refractivity contribution in [2.75, 3.05) is 19.8 Å². The second-order valence-electron chi connectivity index (χ2n) is 7.35. The van der Waals surface area contributed by atoms with Gasteiger partial charge in [0.1, 0.15) is 0 Å². The van der Waals surface area contributed by atoms with E-state index in [9.17, 15) is 0 Å². The molecule has 3 rings (SSSR count). The normalized spacial score (nSPS) is 15.8. The van der Waals surface area contributed by atoms with Crippen LogP contribution in [0.25, 0.3) is 10.6 Å². The van der Waals surface area contributed by atoms with Crippen LogP contribution in [0, 0.1) is 0 Å². The van der Waals surface area contributed by atoms with Crippen molar-refractivity contribution < 1.29 is 9.84 Å². The van der Waals surface area contributed by atoms with Gasteiger partial charge in [0.15, 0.2) is 0 Å². The quantitative estimate of drug-likeness (QED) is 0.412. The molecule has 0 saturated carbocycles. The van der Waals surface area contributed by atoms with Crippen molar-refractivity contribution in [1.29, 1.82) is 0 Å². The van der Waals surface area contributed by atoms with Crippen molar-refractivity contribution >= 4 is 51.5 Å². The van der Waals surface area contributed by atoms with Gasteiger partial charge in [0, 0.05) is 24.6 Å². The van der Waals surface area contributed by atoms with E-state index in [0.29, 0.717) is 0 Å². The monoisotopic (exact) mass is 488 g/mol. The summed E-state index contributed by atoms with van der Waals surface area (Å²) in [4.78, 5) is 9.43. The number of rotatable bonds is 2. The Morgan fingerprint density at radius 3 is 1.34 bits per heavy atom. The molecule has 1 aliphatic heterocycles. The molecule has 0 fully saturated rings. The number of ether oxygens (including phenoxy) is 1. The predicted molar refractivity (Wildman–Crippen MR) is 150 cm³/mol. The van der Waals surface area contributed by atoms with Crippen molar-refractivity contribution in [2.45, 2.75) is 48.5 Å². The molecular formula is C28H37AlN4O2. The largest absolute Gasteiger partial charge is 3.00 e. The molecular weight excluding hydrogens is 451 g/mol. The molecule has 7 heteroatoms. The number of aliphatic imine (C=N–C) groups is 2. The molecule has 0 radical (unpaired) electrons. The summed E-state index contributed by atoms with van der Waals surface area (Å²) in [7, 11) is 0. The molecule has 0 atom stereocenters. The zero-order valence-corrected chi connectivity index (χ0v) is 23.2. The first-order valence-electron chi connectivity index (χ1n) is 11.6. The second-order valence-corrected chi connectivity index (χ2v) is 7.35. The summed E-state index contributed by atoms with van der Waals surface area (Å²) in [5, 5.41) is 18.4. The average molecular weight is 489 g/mol. The molecule has 0 bridgehead atoms. The van der Waals surface area contributed by atoms with E-state index in [1.165, 1.54) is 0 Å². The number of allylic oxidation sites excluding steroid dienone is 4.